The van der Waals surface area contributed by atoms with Crippen LogP contribution in [0.15, 0.2) is 12.1 Å². The van der Waals surface area contributed by atoms with Gasteiger partial charge in [0.25, 0.3) is 5.69 Å². The minimum atomic E-state index is -0.253. The lowest BCUT2D eigenvalue weighted by Crippen LogP contribution is -2.49. The number of piperidine rings is 1. The zero-order valence-corrected chi connectivity index (χ0v) is 15.5. The van der Waals surface area contributed by atoms with Gasteiger partial charge in [0.1, 0.15) is 0 Å². The van der Waals surface area contributed by atoms with Gasteiger partial charge in [-0.15, -0.1) is 0 Å². The Kier molecular flexibility index (Phi) is 5.59. The van der Waals surface area contributed by atoms with Crippen molar-refractivity contribution in [3.63, 3.8) is 0 Å². The first-order valence-electron chi connectivity index (χ1n) is 9.33. The molecule has 2 saturated heterocycles. The largest absolute Gasteiger partial charge is 0.379 e. The summed E-state index contributed by atoms with van der Waals surface area (Å²) in [7, 11) is 0. The molecule has 0 N–H and O–H groups in total. The lowest BCUT2D eigenvalue weighted by molar-refractivity contribution is -0.385. The van der Waals surface area contributed by atoms with Crippen molar-refractivity contribution in [2.75, 3.05) is 44.3 Å². The Bertz CT molecular complexity index is 619. The molecule has 1 aromatic rings. The number of hydrogen-bond acceptors (Lipinski definition) is 5. The highest BCUT2D eigenvalue weighted by molar-refractivity contribution is 5.62. The van der Waals surface area contributed by atoms with E-state index in [1.807, 2.05) is 26.8 Å². The van der Waals surface area contributed by atoms with Crippen LogP contribution in [0.25, 0.3) is 0 Å². The quantitative estimate of drug-likeness (QED) is 0.618. The van der Waals surface area contributed by atoms with Crippen molar-refractivity contribution in [1.29, 1.82) is 0 Å². The number of hydrogen-bond donors (Lipinski definition) is 0. The number of morpholine rings is 1. The second-order valence-corrected chi connectivity index (χ2v) is 7.48. The summed E-state index contributed by atoms with van der Waals surface area (Å²) in [6.07, 6.45) is 2.29. The van der Waals surface area contributed by atoms with Crippen LogP contribution in [0, 0.1) is 17.0 Å². The van der Waals surface area contributed by atoms with Crippen LogP contribution in [0.4, 0.5) is 11.4 Å². The first-order chi connectivity index (χ1) is 12.0. The first-order valence-corrected chi connectivity index (χ1v) is 9.33. The highest BCUT2D eigenvalue weighted by Crippen LogP contribution is 2.35. The second kappa shape index (κ2) is 7.70. The van der Waals surface area contributed by atoms with Crippen molar-refractivity contribution >= 4 is 11.4 Å². The number of aryl methyl sites for hydroxylation is 1. The van der Waals surface area contributed by atoms with Crippen LogP contribution in [-0.2, 0) is 4.74 Å². The normalized spacial score (nSPS) is 20.2. The molecular weight excluding hydrogens is 318 g/mol. The molecule has 0 aliphatic carbocycles. The molecule has 2 aliphatic rings. The van der Waals surface area contributed by atoms with Gasteiger partial charge in [-0.25, -0.2) is 0 Å². The zero-order chi connectivity index (χ0) is 18.0. The average molecular weight is 347 g/mol. The van der Waals surface area contributed by atoms with Gasteiger partial charge in [-0.3, -0.25) is 15.0 Å². The summed E-state index contributed by atoms with van der Waals surface area (Å²) >= 11 is 0. The van der Waals surface area contributed by atoms with Gasteiger partial charge in [-0.2, -0.15) is 0 Å². The van der Waals surface area contributed by atoms with E-state index in [1.165, 1.54) is 0 Å². The molecule has 2 fully saturated rings. The third-order valence-corrected chi connectivity index (χ3v) is 5.53. The molecule has 6 nitrogen and oxygen atoms in total. The van der Waals surface area contributed by atoms with Crippen molar-refractivity contribution in [2.24, 2.45) is 0 Å². The summed E-state index contributed by atoms with van der Waals surface area (Å²) < 4.78 is 5.46. The SMILES string of the molecule is Cc1cc([N+](=O)[O-])c(C(C)C)cc1N1CCC(N2CCOCC2)CC1. The Morgan fingerprint density at radius 3 is 2.36 bits per heavy atom. The van der Waals surface area contributed by atoms with Crippen molar-refractivity contribution in [2.45, 2.75) is 45.6 Å². The standard InChI is InChI=1S/C19H29N3O3/c1-14(2)17-13-18(15(3)12-19(17)22(23)24)21-6-4-16(5-7-21)20-8-10-25-11-9-20/h12-14,16H,4-11H2,1-3H3. The Hall–Kier alpha value is -1.66. The summed E-state index contributed by atoms with van der Waals surface area (Å²) in [5, 5.41) is 11.4. The van der Waals surface area contributed by atoms with Crippen LogP contribution in [0.2, 0.25) is 0 Å². The summed E-state index contributed by atoms with van der Waals surface area (Å²) in [5.41, 5.74) is 3.25. The predicted octanol–water partition coefficient (Wildman–Crippen LogP) is 3.33. The van der Waals surface area contributed by atoms with E-state index < -0.39 is 0 Å². The van der Waals surface area contributed by atoms with Gasteiger partial charge >= 0.3 is 0 Å². The molecule has 2 heterocycles. The minimum absolute atomic E-state index is 0.144. The van der Waals surface area contributed by atoms with Gasteiger partial charge in [0.2, 0.25) is 0 Å². The third-order valence-electron chi connectivity index (χ3n) is 5.53. The highest BCUT2D eigenvalue weighted by atomic mass is 16.6. The second-order valence-electron chi connectivity index (χ2n) is 7.48. The number of nitrogens with zero attached hydrogens (tertiary/aromatic N) is 3. The van der Waals surface area contributed by atoms with E-state index in [0.717, 1.165) is 69.0 Å². The van der Waals surface area contributed by atoms with Gasteiger partial charge in [-0.1, -0.05) is 13.8 Å². The van der Waals surface area contributed by atoms with Crippen LogP contribution in [0.1, 0.15) is 43.7 Å². The molecule has 138 valence electrons. The lowest BCUT2D eigenvalue weighted by atomic mass is 9.96. The Labute approximate surface area is 149 Å². The van der Waals surface area contributed by atoms with Crippen LogP contribution in [0.3, 0.4) is 0 Å². The maximum Gasteiger partial charge on any atom is 0.273 e. The average Bonchev–Trinajstić information content (AvgIpc) is 2.62. The highest BCUT2D eigenvalue weighted by Gasteiger charge is 2.28. The van der Waals surface area contributed by atoms with Gasteiger partial charge < -0.3 is 9.64 Å². The molecule has 2 aliphatic heterocycles. The number of anilines is 1. The fourth-order valence-electron chi connectivity index (χ4n) is 4.07. The van der Waals surface area contributed by atoms with E-state index in [4.69, 9.17) is 4.74 Å². The third kappa shape index (κ3) is 3.96. The Balaban J connectivity index is 1.74. The van der Waals surface area contributed by atoms with Gasteiger partial charge in [-0.05, 0) is 37.3 Å². The molecule has 0 aromatic heterocycles. The maximum atomic E-state index is 11.4. The number of benzene rings is 1. The molecule has 1 aromatic carbocycles. The van der Waals surface area contributed by atoms with Crippen molar-refractivity contribution in [1.82, 2.24) is 4.90 Å². The molecule has 3 rings (SSSR count). The van der Waals surface area contributed by atoms with Crippen LogP contribution in [0.5, 0.6) is 0 Å². The number of nitro groups is 1. The molecule has 0 spiro atoms. The van der Waals surface area contributed by atoms with Crippen LogP contribution in [-0.4, -0.2) is 55.3 Å². The molecule has 0 saturated carbocycles. The van der Waals surface area contributed by atoms with E-state index in [9.17, 15) is 10.1 Å². The summed E-state index contributed by atoms with van der Waals surface area (Å²) in [5.74, 6) is 0.144. The van der Waals surface area contributed by atoms with E-state index in [-0.39, 0.29) is 16.5 Å². The van der Waals surface area contributed by atoms with Crippen molar-refractivity contribution in [3.8, 4) is 0 Å². The topological polar surface area (TPSA) is 58.9 Å². The molecule has 0 radical (unpaired) electrons. The van der Waals surface area contributed by atoms with Crippen LogP contribution < -0.4 is 4.90 Å². The monoisotopic (exact) mass is 347 g/mol. The summed E-state index contributed by atoms with van der Waals surface area (Å²) in [4.78, 5) is 16.1. The number of rotatable bonds is 4. The first kappa shape index (κ1) is 18.1. The Morgan fingerprint density at radius 2 is 1.80 bits per heavy atom. The van der Waals surface area contributed by atoms with Crippen molar-refractivity contribution in [3.05, 3.63) is 33.4 Å². The number of ether oxygens (including phenoxy) is 1. The van der Waals surface area contributed by atoms with E-state index in [1.54, 1.807) is 6.07 Å². The van der Waals surface area contributed by atoms with Gasteiger partial charge in [0, 0.05) is 49.5 Å². The molecule has 0 atom stereocenters. The van der Waals surface area contributed by atoms with Crippen molar-refractivity contribution < 1.29 is 9.66 Å². The van der Waals surface area contributed by atoms with Crippen LogP contribution >= 0.6 is 0 Å². The Morgan fingerprint density at radius 1 is 1.16 bits per heavy atom. The molecule has 25 heavy (non-hydrogen) atoms. The molecule has 0 bridgehead atoms. The zero-order valence-electron chi connectivity index (χ0n) is 15.5. The number of nitro benzene ring substituents is 1. The minimum Gasteiger partial charge on any atom is -0.379 e. The maximum absolute atomic E-state index is 11.4. The summed E-state index contributed by atoms with van der Waals surface area (Å²) in [6.45, 7) is 11.8. The molecule has 0 amide bonds. The van der Waals surface area contributed by atoms with E-state index in [0.29, 0.717) is 6.04 Å². The summed E-state index contributed by atoms with van der Waals surface area (Å²) in [6, 6.07) is 4.44. The lowest BCUT2D eigenvalue weighted by Gasteiger charge is -2.41. The molecule has 6 heteroatoms. The van der Waals surface area contributed by atoms with Gasteiger partial charge in [0.15, 0.2) is 0 Å². The molecule has 0 unspecified atom stereocenters. The molecular formula is C19H29N3O3. The van der Waals surface area contributed by atoms with E-state index in [2.05, 4.69) is 9.80 Å². The van der Waals surface area contributed by atoms with E-state index >= 15 is 0 Å². The smallest absolute Gasteiger partial charge is 0.273 e. The predicted molar refractivity (Wildman–Crippen MR) is 99.5 cm³/mol. The fraction of sp³-hybridized carbons (Fsp3) is 0.684. The fourth-order valence-corrected chi connectivity index (χ4v) is 4.07. The van der Waals surface area contributed by atoms with Gasteiger partial charge in [0.05, 0.1) is 18.1 Å².